The Morgan fingerprint density at radius 3 is 2.11 bits per heavy atom. The molecule has 0 aliphatic rings. The number of benzene rings is 3. The number of nitrogens with zero attached hydrogens (tertiary/aromatic N) is 1. The first-order valence-corrected chi connectivity index (χ1v) is 11.1. The minimum Gasteiger partial charge on any atom is -0.278 e. The van der Waals surface area contributed by atoms with Crippen molar-refractivity contribution < 1.29 is 16.8 Å². The van der Waals surface area contributed by atoms with Gasteiger partial charge in [0.15, 0.2) is 0 Å². The van der Waals surface area contributed by atoms with Gasteiger partial charge in [-0.2, -0.15) is 0 Å². The number of rotatable bonds is 5. The number of sulfonamides is 2. The molecule has 0 aliphatic carbocycles. The number of fused-ring (bicyclic) bond motifs is 1. The molecule has 0 aromatic heterocycles. The minimum atomic E-state index is -3.95. The lowest BCUT2D eigenvalue weighted by atomic mass is 10.1. The second kappa shape index (κ2) is 7.12. The fourth-order valence-corrected chi connectivity index (χ4v) is 4.75. The first kappa shape index (κ1) is 19.6. The van der Waals surface area contributed by atoms with Gasteiger partial charge in [0.1, 0.15) is 0 Å². The average molecular weight is 425 g/mol. The summed E-state index contributed by atoms with van der Waals surface area (Å²) in [4.78, 5) is -0.00810. The zero-order valence-electron chi connectivity index (χ0n) is 14.5. The fraction of sp³-hybridized carbons (Fsp3) is 0.111. The van der Waals surface area contributed by atoms with E-state index in [0.29, 0.717) is 0 Å². The van der Waals surface area contributed by atoms with E-state index in [9.17, 15) is 16.8 Å². The predicted molar refractivity (Wildman–Crippen MR) is 107 cm³/mol. The molecule has 0 amide bonds. The van der Waals surface area contributed by atoms with Crippen LogP contribution in [-0.2, 0) is 20.0 Å². The molecule has 0 fully saturated rings. The molecule has 3 aromatic rings. The summed E-state index contributed by atoms with van der Waals surface area (Å²) in [6.45, 7) is 0. The van der Waals surface area contributed by atoms with Crippen LogP contribution in [0.5, 0.6) is 0 Å². The first-order chi connectivity index (χ1) is 12.6. The second-order valence-corrected chi connectivity index (χ2v) is 10.3. The highest BCUT2D eigenvalue weighted by atomic mass is 35.5. The lowest BCUT2D eigenvalue weighted by molar-refractivity contribution is 0.521. The molecule has 9 heteroatoms. The number of hydrogen-bond acceptors (Lipinski definition) is 4. The molecule has 0 heterocycles. The fourth-order valence-electron chi connectivity index (χ4n) is 2.49. The van der Waals surface area contributed by atoms with E-state index in [2.05, 4.69) is 4.72 Å². The first-order valence-electron chi connectivity index (χ1n) is 7.85. The van der Waals surface area contributed by atoms with E-state index in [1.807, 2.05) is 24.3 Å². The maximum atomic E-state index is 12.8. The van der Waals surface area contributed by atoms with Crippen LogP contribution in [0, 0.1) is 0 Å². The van der Waals surface area contributed by atoms with Crippen LogP contribution >= 0.6 is 11.6 Å². The third-order valence-corrected chi connectivity index (χ3v) is 7.50. The largest absolute Gasteiger partial charge is 0.278 e. The summed E-state index contributed by atoms with van der Waals surface area (Å²) in [6.07, 6.45) is 0. The Kier molecular flexibility index (Phi) is 5.18. The summed E-state index contributed by atoms with van der Waals surface area (Å²) in [5.74, 6) is 0. The maximum Gasteiger partial charge on any atom is 0.261 e. The molecule has 3 aromatic carbocycles. The molecule has 0 saturated carbocycles. The van der Waals surface area contributed by atoms with Gasteiger partial charge in [-0.15, -0.1) is 0 Å². The van der Waals surface area contributed by atoms with Crippen LogP contribution in [0.3, 0.4) is 0 Å². The van der Waals surface area contributed by atoms with E-state index in [1.165, 1.54) is 38.4 Å². The zero-order chi connectivity index (χ0) is 19.8. The molecule has 0 saturated heterocycles. The van der Waals surface area contributed by atoms with E-state index in [4.69, 9.17) is 11.6 Å². The van der Waals surface area contributed by atoms with Gasteiger partial charge in [-0.05, 0) is 41.1 Å². The van der Waals surface area contributed by atoms with Gasteiger partial charge in [-0.3, -0.25) is 4.72 Å². The van der Waals surface area contributed by atoms with Crippen LogP contribution in [0.15, 0.2) is 70.5 Å². The van der Waals surface area contributed by atoms with Gasteiger partial charge in [0.05, 0.1) is 20.5 Å². The van der Waals surface area contributed by atoms with Crippen molar-refractivity contribution in [3.63, 3.8) is 0 Å². The van der Waals surface area contributed by atoms with Gasteiger partial charge in [0, 0.05) is 14.1 Å². The Balaban J connectivity index is 2.02. The van der Waals surface area contributed by atoms with Gasteiger partial charge in [-0.25, -0.2) is 21.1 Å². The summed E-state index contributed by atoms with van der Waals surface area (Å²) in [6, 6.07) is 16.0. The van der Waals surface area contributed by atoms with Crippen LogP contribution in [0.2, 0.25) is 5.02 Å². The van der Waals surface area contributed by atoms with Crippen LogP contribution in [0.25, 0.3) is 10.8 Å². The molecule has 142 valence electrons. The molecule has 0 radical (unpaired) electrons. The van der Waals surface area contributed by atoms with E-state index >= 15 is 0 Å². The Morgan fingerprint density at radius 1 is 0.815 bits per heavy atom. The molecule has 1 N–H and O–H groups in total. The molecular formula is C18H17ClN2O4S2. The number of anilines is 1. The Labute approximate surface area is 163 Å². The summed E-state index contributed by atoms with van der Waals surface area (Å²) >= 11 is 6.08. The minimum absolute atomic E-state index is 0.00671. The highest BCUT2D eigenvalue weighted by Gasteiger charge is 2.21. The molecule has 0 atom stereocenters. The lowest BCUT2D eigenvalue weighted by Gasteiger charge is -2.14. The molecule has 0 aliphatic heterocycles. The van der Waals surface area contributed by atoms with Crippen LogP contribution < -0.4 is 4.72 Å². The molecule has 27 heavy (non-hydrogen) atoms. The third-order valence-electron chi connectivity index (χ3n) is 3.99. The molecule has 0 spiro atoms. The standard InChI is InChI=1S/C18H17ClN2O4S2/c1-21(2)27(24,25)16-9-10-17(19)18(12-16)20-26(22,23)15-8-7-13-5-3-4-6-14(13)11-15/h3-12,20H,1-2H3. The summed E-state index contributed by atoms with van der Waals surface area (Å²) in [5, 5.41) is 1.78. The normalized spacial score (nSPS) is 12.4. The Hall–Kier alpha value is -2.13. The van der Waals surface area contributed by atoms with Crippen molar-refractivity contribution in [3.05, 3.63) is 65.7 Å². The SMILES string of the molecule is CN(C)S(=O)(=O)c1ccc(Cl)c(NS(=O)(=O)c2ccc3ccccc3c2)c1. The van der Waals surface area contributed by atoms with Gasteiger partial charge < -0.3 is 0 Å². The molecule has 0 bridgehead atoms. The highest BCUT2D eigenvalue weighted by Crippen LogP contribution is 2.29. The van der Waals surface area contributed by atoms with Crippen molar-refractivity contribution in [3.8, 4) is 0 Å². The third kappa shape index (κ3) is 3.93. The van der Waals surface area contributed by atoms with E-state index < -0.39 is 20.0 Å². The van der Waals surface area contributed by atoms with Gasteiger partial charge in [0.25, 0.3) is 10.0 Å². The second-order valence-electron chi connectivity index (χ2n) is 6.04. The summed E-state index contributed by atoms with van der Waals surface area (Å²) < 4.78 is 53.5. The molecular weight excluding hydrogens is 408 g/mol. The van der Waals surface area contributed by atoms with Gasteiger partial charge in [-0.1, -0.05) is 41.9 Å². The maximum absolute atomic E-state index is 12.8. The van der Waals surface area contributed by atoms with Crippen molar-refractivity contribution in [2.24, 2.45) is 0 Å². The van der Waals surface area contributed by atoms with E-state index in [1.54, 1.807) is 12.1 Å². The Bertz CT molecular complexity index is 1220. The summed E-state index contributed by atoms with van der Waals surface area (Å²) in [5.41, 5.74) is -0.00671. The quantitative estimate of drug-likeness (QED) is 0.678. The van der Waals surface area contributed by atoms with Crippen molar-refractivity contribution in [1.82, 2.24) is 4.31 Å². The number of hydrogen-bond donors (Lipinski definition) is 1. The highest BCUT2D eigenvalue weighted by molar-refractivity contribution is 7.92. The van der Waals surface area contributed by atoms with Gasteiger partial charge >= 0.3 is 0 Å². The van der Waals surface area contributed by atoms with Crippen molar-refractivity contribution in [2.75, 3.05) is 18.8 Å². The smallest absolute Gasteiger partial charge is 0.261 e. The summed E-state index contributed by atoms with van der Waals surface area (Å²) in [7, 11) is -4.89. The average Bonchev–Trinajstić information content (AvgIpc) is 2.62. The van der Waals surface area contributed by atoms with Gasteiger partial charge in [0.2, 0.25) is 10.0 Å². The van der Waals surface area contributed by atoms with E-state index in [-0.39, 0.29) is 20.5 Å². The number of nitrogens with one attached hydrogen (secondary N) is 1. The number of halogens is 1. The van der Waals surface area contributed by atoms with Crippen molar-refractivity contribution >= 4 is 48.1 Å². The molecule has 6 nitrogen and oxygen atoms in total. The zero-order valence-corrected chi connectivity index (χ0v) is 16.9. The molecule has 3 rings (SSSR count). The van der Waals surface area contributed by atoms with Crippen LogP contribution in [0.1, 0.15) is 0 Å². The van der Waals surface area contributed by atoms with E-state index in [0.717, 1.165) is 15.1 Å². The molecule has 0 unspecified atom stereocenters. The monoisotopic (exact) mass is 424 g/mol. The topological polar surface area (TPSA) is 83.6 Å². The lowest BCUT2D eigenvalue weighted by Crippen LogP contribution is -2.22. The Morgan fingerprint density at radius 2 is 1.44 bits per heavy atom. The van der Waals surface area contributed by atoms with Crippen LogP contribution in [-0.4, -0.2) is 35.2 Å². The predicted octanol–water partition coefficient (Wildman–Crippen LogP) is 3.54. The van der Waals surface area contributed by atoms with Crippen molar-refractivity contribution in [1.29, 1.82) is 0 Å². The van der Waals surface area contributed by atoms with Crippen LogP contribution in [0.4, 0.5) is 5.69 Å². The van der Waals surface area contributed by atoms with Crippen molar-refractivity contribution in [2.45, 2.75) is 9.79 Å².